The molecular formula is C10H11BrO. The molecule has 0 heterocycles. The SMILES string of the molecule is OC1(Cc2cccc(Br)c2)CC1. The standard InChI is InChI=1S/C10H11BrO/c11-9-3-1-2-8(6-9)7-10(12)4-5-10/h1-3,6,12H,4-5,7H2. The molecule has 0 amide bonds. The minimum absolute atomic E-state index is 0.374. The molecule has 1 aromatic carbocycles. The molecule has 2 rings (SSSR count). The zero-order valence-corrected chi connectivity index (χ0v) is 8.34. The van der Waals surface area contributed by atoms with E-state index in [1.165, 1.54) is 5.56 Å². The molecule has 0 spiro atoms. The van der Waals surface area contributed by atoms with Gasteiger partial charge < -0.3 is 5.11 Å². The molecule has 1 aromatic rings. The van der Waals surface area contributed by atoms with E-state index in [2.05, 4.69) is 28.1 Å². The Morgan fingerprint density at radius 2 is 2.17 bits per heavy atom. The number of hydrogen-bond donors (Lipinski definition) is 1. The van der Waals surface area contributed by atoms with Crippen LogP contribution >= 0.6 is 15.9 Å². The Kier molecular flexibility index (Phi) is 1.97. The third-order valence-corrected chi connectivity index (χ3v) is 2.74. The molecule has 1 fully saturated rings. The van der Waals surface area contributed by atoms with Crippen LogP contribution in [0, 0.1) is 0 Å². The lowest BCUT2D eigenvalue weighted by Crippen LogP contribution is -2.10. The van der Waals surface area contributed by atoms with E-state index < -0.39 is 0 Å². The van der Waals surface area contributed by atoms with Gasteiger partial charge in [-0.25, -0.2) is 0 Å². The van der Waals surface area contributed by atoms with Crippen molar-refractivity contribution in [2.75, 3.05) is 0 Å². The molecule has 1 aliphatic carbocycles. The molecule has 0 saturated heterocycles. The van der Waals surface area contributed by atoms with E-state index in [0.717, 1.165) is 23.7 Å². The average molecular weight is 227 g/mol. The Balaban J connectivity index is 2.12. The van der Waals surface area contributed by atoms with Gasteiger partial charge in [-0.1, -0.05) is 28.1 Å². The van der Waals surface area contributed by atoms with Crippen LogP contribution in [0.15, 0.2) is 28.7 Å². The van der Waals surface area contributed by atoms with Crippen LogP contribution in [0.25, 0.3) is 0 Å². The van der Waals surface area contributed by atoms with Gasteiger partial charge in [0.25, 0.3) is 0 Å². The summed E-state index contributed by atoms with van der Waals surface area (Å²) in [6.45, 7) is 0. The van der Waals surface area contributed by atoms with E-state index in [-0.39, 0.29) is 5.60 Å². The van der Waals surface area contributed by atoms with Gasteiger partial charge in [-0.3, -0.25) is 0 Å². The highest BCUT2D eigenvalue weighted by molar-refractivity contribution is 9.10. The lowest BCUT2D eigenvalue weighted by atomic mass is 10.1. The van der Waals surface area contributed by atoms with Crippen LogP contribution < -0.4 is 0 Å². The quantitative estimate of drug-likeness (QED) is 0.822. The Bertz CT molecular complexity index is 292. The first kappa shape index (κ1) is 8.27. The van der Waals surface area contributed by atoms with Crippen molar-refractivity contribution in [3.8, 4) is 0 Å². The molecule has 1 saturated carbocycles. The van der Waals surface area contributed by atoms with Gasteiger partial charge in [0.1, 0.15) is 0 Å². The molecule has 1 N–H and O–H groups in total. The summed E-state index contributed by atoms with van der Waals surface area (Å²) in [6, 6.07) is 8.13. The van der Waals surface area contributed by atoms with Crippen LogP contribution in [0.5, 0.6) is 0 Å². The van der Waals surface area contributed by atoms with Crippen LogP contribution in [-0.4, -0.2) is 10.7 Å². The van der Waals surface area contributed by atoms with Crippen LogP contribution in [-0.2, 0) is 6.42 Å². The molecule has 1 nitrogen and oxygen atoms in total. The zero-order valence-electron chi connectivity index (χ0n) is 6.76. The molecule has 0 radical (unpaired) electrons. The summed E-state index contributed by atoms with van der Waals surface area (Å²) >= 11 is 3.41. The molecule has 2 heteroatoms. The molecule has 0 aromatic heterocycles. The second kappa shape index (κ2) is 2.86. The largest absolute Gasteiger partial charge is 0.390 e. The van der Waals surface area contributed by atoms with Crippen LogP contribution in [0.2, 0.25) is 0 Å². The molecule has 12 heavy (non-hydrogen) atoms. The minimum Gasteiger partial charge on any atom is -0.390 e. The lowest BCUT2D eigenvalue weighted by molar-refractivity contribution is 0.151. The first-order valence-corrected chi connectivity index (χ1v) is 4.94. The third-order valence-electron chi connectivity index (χ3n) is 2.25. The highest BCUT2D eigenvalue weighted by Gasteiger charge is 2.39. The van der Waals surface area contributed by atoms with E-state index in [1.54, 1.807) is 0 Å². The number of aliphatic hydroxyl groups is 1. The zero-order chi connectivity index (χ0) is 8.60. The molecular weight excluding hydrogens is 216 g/mol. The monoisotopic (exact) mass is 226 g/mol. The summed E-state index contributed by atoms with van der Waals surface area (Å²) in [5.41, 5.74) is 0.838. The maximum absolute atomic E-state index is 9.66. The Morgan fingerprint density at radius 3 is 2.75 bits per heavy atom. The van der Waals surface area contributed by atoms with Crippen molar-refractivity contribution < 1.29 is 5.11 Å². The Labute approximate surface area is 80.5 Å². The summed E-state index contributed by atoms with van der Waals surface area (Å²) in [5, 5.41) is 9.66. The van der Waals surface area contributed by atoms with E-state index in [9.17, 15) is 5.11 Å². The van der Waals surface area contributed by atoms with Crippen molar-refractivity contribution in [1.82, 2.24) is 0 Å². The minimum atomic E-state index is -0.374. The van der Waals surface area contributed by atoms with Crippen LogP contribution in [0.4, 0.5) is 0 Å². The van der Waals surface area contributed by atoms with Gasteiger partial charge >= 0.3 is 0 Å². The summed E-state index contributed by atoms with van der Waals surface area (Å²) in [7, 11) is 0. The van der Waals surface area contributed by atoms with Gasteiger partial charge in [0, 0.05) is 10.9 Å². The molecule has 64 valence electrons. The van der Waals surface area contributed by atoms with E-state index >= 15 is 0 Å². The first-order valence-electron chi connectivity index (χ1n) is 4.15. The fourth-order valence-corrected chi connectivity index (χ4v) is 1.79. The molecule has 0 aliphatic heterocycles. The predicted octanol–water partition coefficient (Wildman–Crippen LogP) is 2.52. The second-order valence-corrected chi connectivity index (χ2v) is 4.45. The van der Waals surface area contributed by atoms with Gasteiger partial charge in [0.05, 0.1) is 5.60 Å². The number of benzene rings is 1. The van der Waals surface area contributed by atoms with Crippen molar-refractivity contribution in [3.63, 3.8) is 0 Å². The maximum atomic E-state index is 9.66. The Morgan fingerprint density at radius 1 is 1.42 bits per heavy atom. The van der Waals surface area contributed by atoms with Crippen molar-refractivity contribution in [1.29, 1.82) is 0 Å². The normalized spacial score (nSPS) is 19.2. The molecule has 0 unspecified atom stereocenters. The van der Waals surface area contributed by atoms with E-state index in [4.69, 9.17) is 0 Å². The topological polar surface area (TPSA) is 20.2 Å². The molecule has 0 atom stereocenters. The highest BCUT2D eigenvalue weighted by atomic mass is 79.9. The van der Waals surface area contributed by atoms with E-state index in [0.29, 0.717) is 0 Å². The van der Waals surface area contributed by atoms with Gasteiger partial charge in [-0.05, 0) is 30.5 Å². The number of halogens is 1. The number of hydrogen-bond acceptors (Lipinski definition) is 1. The second-order valence-electron chi connectivity index (χ2n) is 3.53. The number of rotatable bonds is 2. The predicted molar refractivity (Wildman–Crippen MR) is 52.0 cm³/mol. The van der Waals surface area contributed by atoms with Crippen molar-refractivity contribution in [2.45, 2.75) is 24.9 Å². The fraction of sp³-hybridized carbons (Fsp3) is 0.400. The molecule has 1 aliphatic rings. The van der Waals surface area contributed by atoms with Gasteiger partial charge in [0.15, 0.2) is 0 Å². The smallest absolute Gasteiger partial charge is 0.0690 e. The Hall–Kier alpha value is -0.340. The van der Waals surface area contributed by atoms with Crippen molar-refractivity contribution >= 4 is 15.9 Å². The highest BCUT2D eigenvalue weighted by Crippen LogP contribution is 2.38. The maximum Gasteiger partial charge on any atom is 0.0690 e. The summed E-state index contributed by atoms with van der Waals surface area (Å²) in [6.07, 6.45) is 2.71. The first-order chi connectivity index (χ1) is 5.68. The average Bonchev–Trinajstić information content (AvgIpc) is 2.67. The third kappa shape index (κ3) is 1.87. The summed E-state index contributed by atoms with van der Waals surface area (Å²) in [5.74, 6) is 0. The lowest BCUT2D eigenvalue weighted by Gasteiger charge is -2.06. The summed E-state index contributed by atoms with van der Waals surface area (Å²) in [4.78, 5) is 0. The van der Waals surface area contributed by atoms with Gasteiger partial charge in [0.2, 0.25) is 0 Å². The van der Waals surface area contributed by atoms with Crippen LogP contribution in [0.3, 0.4) is 0 Å². The van der Waals surface area contributed by atoms with Gasteiger partial charge in [-0.15, -0.1) is 0 Å². The van der Waals surface area contributed by atoms with Crippen molar-refractivity contribution in [2.24, 2.45) is 0 Å². The van der Waals surface area contributed by atoms with Crippen LogP contribution in [0.1, 0.15) is 18.4 Å². The molecule has 0 bridgehead atoms. The van der Waals surface area contributed by atoms with Crippen molar-refractivity contribution in [3.05, 3.63) is 34.3 Å². The van der Waals surface area contributed by atoms with Gasteiger partial charge in [-0.2, -0.15) is 0 Å². The fourth-order valence-electron chi connectivity index (χ4n) is 1.35. The summed E-state index contributed by atoms with van der Waals surface area (Å²) < 4.78 is 1.09. The van der Waals surface area contributed by atoms with E-state index in [1.807, 2.05) is 12.1 Å².